The SMILES string of the molecule is O=C(CCSc1nnc(COc2ccc(Cl)cc2)n1-c1ccccc1)Nc1ccc2c(c1)C(=O)NC2=O. The molecule has 0 spiro atoms. The van der Waals surface area contributed by atoms with Crippen molar-refractivity contribution in [2.45, 2.75) is 18.2 Å². The van der Waals surface area contributed by atoms with Gasteiger partial charge in [-0.1, -0.05) is 41.6 Å². The lowest BCUT2D eigenvalue weighted by Crippen LogP contribution is -2.19. The predicted octanol–water partition coefficient (Wildman–Crippen LogP) is 4.50. The maximum Gasteiger partial charge on any atom is 0.259 e. The zero-order valence-electron chi connectivity index (χ0n) is 19.3. The Labute approximate surface area is 221 Å². The van der Waals surface area contributed by atoms with Gasteiger partial charge in [0.1, 0.15) is 12.4 Å². The molecule has 11 heteroatoms. The molecular weight excluding hydrogens is 514 g/mol. The van der Waals surface area contributed by atoms with E-state index in [4.69, 9.17) is 16.3 Å². The van der Waals surface area contributed by atoms with Gasteiger partial charge in [0.2, 0.25) is 5.91 Å². The molecule has 3 amide bonds. The molecular formula is C26H20ClN5O4S. The third-order valence-corrected chi connectivity index (χ3v) is 6.66. The Morgan fingerprint density at radius 2 is 1.73 bits per heavy atom. The highest BCUT2D eigenvalue weighted by molar-refractivity contribution is 7.99. The number of nitrogens with one attached hydrogen (secondary N) is 2. The van der Waals surface area contributed by atoms with E-state index in [9.17, 15) is 14.4 Å². The van der Waals surface area contributed by atoms with Crippen LogP contribution in [0.5, 0.6) is 5.75 Å². The minimum Gasteiger partial charge on any atom is -0.486 e. The molecule has 2 N–H and O–H groups in total. The van der Waals surface area contributed by atoms with Crippen molar-refractivity contribution in [3.63, 3.8) is 0 Å². The fraction of sp³-hybridized carbons (Fsp3) is 0.115. The normalized spacial score (nSPS) is 12.2. The van der Waals surface area contributed by atoms with Gasteiger partial charge in [0.05, 0.1) is 11.1 Å². The predicted molar refractivity (Wildman–Crippen MR) is 139 cm³/mol. The Kier molecular flexibility index (Phi) is 7.20. The van der Waals surface area contributed by atoms with Crippen LogP contribution in [0.1, 0.15) is 33.0 Å². The molecule has 2 heterocycles. The molecule has 186 valence electrons. The number of rotatable bonds is 9. The van der Waals surface area contributed by atoms with E-state index in [1.807, 2.05) is 34.9 Å². The number of fused-ring (bicyclic) bond motifs is 1. The van der Waals surface area contributed by atoms with Crippen molar-refractivity contribution in [3.05, 3.63) is 94.8 Å². The molecule has 0 fully saturated rings. The number of hydrogen-bond donors (Lipinski definition) is 2. The van der Waals surface area contributed by atoms with Crippen LogP contribution in [0.2, 0.25) is 5.02 Å². The molecule has 0 saturated heterocycles. The minimum absolute atomic E-state index is 0.193. The van der Waals surface area contributed by atoms with Crippen LogP contribution >= 0.6 is 23.4 Å². The number of anilines is 1. The van der Waals surface area contributed by atoms with Gasteiger partial charge in [0, 0.05) is 28.6 Å². The number of imide groups is 1. The van der Waals surface area contributed by atoms with E-state index < -0.39 is 11.8 Å². The van der Waals surface area contributed by atoms with Crippen molar-refractivity contribution >= 4 is 46.8 Å². The Morgan fingerprint density at radius 1 is 0.973 bits per heavy atom. The van der Waals surface area contributed by atoms with Crippen LogP contribution in [0, 0.1) is 0 Å². The van der Waals surface area contributed by atoms with Gasteiger partial charge >= 0.3 is 0 Å². The summed E-state index contributed by atoms with van der Waals surface area (Å²) < 4.78 is 7.77. The standard InChI is InChI=1S/C26H20ClN5O4S/c27-16-6-9-19(10-7-16)36-15-22-30-31-26(32(22)18-4-2-1-3-5-18)37-13-12-23(33)28-17-8-11-20-21(14-17)25(35)29-24(20)34/h1-11,14H,12-13,15H2,(H,28,33)(H,29,34,35). The fourth-order valence-electron chi connectivity index (χ4n) is 3.71. The number of aromatic nitrogens is 3. The molecule has 1 aliphatic rings. The van der Waals surface area contributed by atoms with Crippen molar-refractivity contribution in [1.82, 2.24) is 20.1 Å². The van der Waals surface area contributed by atoms with E-state index in [2.05, 4.69) is 20.8 Å². The van der Waals surface area contributed by atoms with E-state index in [1.165, 1.54) is 23.9 Å². The lowest BCUT2D eigenvalue weighted by Gasteiger charge is -2.11. The number of halogens is 1. The number of thioether (sulfide) groups is 1. The largest absolute Gasteiger partial charge is 0.486 e. The highest BCUT2D eigenvalue weighted by Crippen LogP contribution is 2.25. The minimum atomic E-state index is -0.470. The van der Waals surface area contributed by atoms with Crippen LogP contribution in [0.25, 0.3) is 5.69 Å². The van der Waals surface area contributed by atoms with Crippen LogP contribution in [0.3, 0.4) is 0 Å². The highest BCUT2D eigenvalue weighted by atomic mass is 35.5. The van der Waals surface area contributed by atoms with E-state index in [1.54, 1.807) is 30.3 Å². The molecule has 0 radical (unpaired) electrons. The first-order valence-corrected chi connectivity index (χ1v) is 12.6. The van der Waals surface area contributed by atoms with Gasteiger partial charge in [-0.25, -0.2) is 0 Å². The molecule has 1 aliphatic heterocycles. The van der Waals surface area contributed by atoms with Gasteiger partial charge < -0.3 is 10.1 Å². The first-order chi connectivity index (χ1) is 18.0. The summed E-state index contributed by atoms with van der Waals surface area (Å²) in [6, 6.07) is 21.4. The lowest BCUT2D eigenvalue weighted by molar-refractivity contribution is -0.115. The number of carbonyl (C=O) groups excluding carboxylic acids is 3. The molecule has 0 bridgehead atoms. The summed E-state index contributed by atoms with van der Waals surface area (Å²) in [5.74, 6) is 0.579. The number of amides is 3. The number of benzene rings is 3. The van der Waals surface area contributed by atoms with Crippen molar-refractivity contribution in [1.29, 1.82) is 0 Å². The highest BCUT2D eigenvalue weighted by Gasteiger charge is 2.26. The van der Waals surface area contributed by atoms with E-state index >= 15 is 0 Å². The summed E-state index contributed by atoms with van der Waals surface area (Å²) in [6.07, 6.45) is 0.200. The summed E-state index contributed by atoms with van der Waals surface area (Å²) in [7, 11) is 0. The summed E-state index contributed by atoms with van der Waals surface area (Å²) in [4.78, 5) is 36.1. The Balaban J connectivity index is 1.23. The molecule has 3 aromatic carbocycles. The Bertz CT molecular complexity index is 1470. The molecule has 0 saturated carbocycles. The lowest BCUT2D eigenvalue weighted by atomic mass is 10.1. The van der Waals surface area contributed by atoms with Gasteiger partial charge in [-0.2, -0.15) is 0 Å². The molecule has 1 aromatic heterocycles. The average molecular weight is 534 g/mol. The smallest absolute Gasteiger partial charge is 0.259 e. The van der Waals surface area contributed by atoms with Gasteiger partial charge in [0.15, 0.2) is 11.0 Å². The number of ether oxygens (including phenoxy) is 1. The van der Waals surface area contributed by atoms with E-state index in [-0.39, 0.29) is 24.5 Å². The van der Waals surface area contributed by atoms with Crippen LogP contribution in [-0.4, -0.2) is 38.2 Å². The van der Waals surface area contributed by atoms with Crippen molar-refractivity contribution in [3.8, 4) is 11.4 Å². The van der Waals surface area contributed by atoms with Crippen molar-refractivity contribution in [2.75, 3.05) is 11.1 Å². The zero-order chi connectivity index (χ0) is 25.8. The third kappa shape index (κ3) is 5.65. The second-order valence-electron chi connectivity index (χ2n) is 8.00. The average Bonchev–Trinajstić information content (AvgIpc) is 3.43. The maximum absolute atomic E-state index is 12.5. The fourth-order valence-corrected chi connectivity index (χ4v) is 4.74. The summed E-state index contributed by atoms with van der Waals surface area (Å²) in [5.41, 5.74) is 1.88. The first-order valence-electron chi connectivity index (χ1n) is 11.3. The van der Waals surface area contributed by atoms with Crippen LogP contribution < -0.4 is 15.4 Å². The molecule has 0 aliphatic carbocycles. The van der Waals surface area contributed by atoms with Gasteiger partial charge in [0.25, 0.3) is 11.8 Å². The number of nitrogens with zero attached hydrogens (tertiary/aromatic N) is 3. The third-order valence-electron chi connectivity index (χ3n) is 5.48. The van der Waals surface area contributed by atoms with Crippen LogP contribution in [0.4, 0.5) is 5.69 Å². The van der Waals surface area contributed by atoms with Gasteiger partial charge in [-0.3, -0.25) is 24.3 Å². The quantitative estimate of drug-likeness (QED) is 0.240. The van der Waals surface area contributed by atoms with Crippen LogP contribution in [-0.2, 0) is 11.4 Å². The first kappa shape index (κ1) is 24.5. The Hall–Kier alpha value is -4.15. The van der Waals surface area contributed by atoms with Gasteiger partial charge in [-0.15, -0.1) is 10.2 Å². The Morgan fingerprint density at radius 3 is 2.51 bits per heavy atom. The molecule has 4 aromatic rings. The summed E-state index contributed by atoms with van der Waals surface area (Å²) >= 11 is 7.34. The second-order valence-corrected chi connectivity index (χ2v) is 9.50. The zero-order valence-corrected chi connectivity index (χ0v) is 20.9. The second kappa shape index (κ2) is 10.9. The molecule has 5 rings (SSSR count). The number of carbonyl (C=O) groups is 3. The molecule has 0 atom stereocenters. The van der Waals surface area contributed by atoms with Crippen LogP contribution in [0.15, 0.2) is 78.0 Å². The van der Waals surface area contributed by atoms with E-state index in [0.717, 1.165) is 5.69 Å². The summed E-state index contributed by atoms with van der Waals surface area (Å²) in [6.45, 7) is 0.193. The monoisotopic (exact) mass is 533 g/mol. The topological polar surface area (TPSA) is 115 Å². The van der Waals surface area contributed by atoms with Crippen molar-refractivity contribution < 1.29 is 19.1 Å². The van der Waals surface area contributed by atoms with Crippen molar-refractivity contribution in [2.24, 2.45) is 0 Å². The van der Waals surface area contributed by atoms with E-state index in [0.29, 0.717) is 38.8 Å². The molecule has 0 unspecified atom stereocenters. The molecule has 37 heavy (non-hydrogen) atoms. The number of para-hydroxylation sites is 1. The molecule has 9 nitrogen and oxygen atoms in total. The van der Waals surface area contributed by atoms with Gasteiger partial charge in [-0.05, 0) is 54.6 Å². The summed E-state index contributed by atoms with van der Waals surface area (Å²) in [5, 5.41) is 14.9. The number of hydrogen-bond acceptors (Lipinski definition) is 7. The maximum atomic E-state index is 12.5.